The van der Waals surface area contributed by atoms with Crippen LogP contribution in [0.4, 0.5) is 14.5 Å². The number of carbonyl (C=O) groups is 2. The number of carbonyl (C=O) groups excluding carboxylic acids is 2. The van der Waals surface area contributed by atoms with Crippen molar-refractivity contribution in [3.63, 3.8) is 0 Å². The lowest BCUT2D eigenvalue weighted by Gasteiger charge is -2.27. The van der Waals surface area contributed by atoms with Gasteiger partial charge in [-0.3, -0.25) is 19.0 Å². The second-order valence-electron chi connectivity index (χ2n) is 8.81. The molecule has 3 rings (SSSR count). The molecule has 3 aromatic rings. The number of aromatic nitrogens is 2. The molecular formula is C25H28F2N4O4S. The fourth-order valence-electron chi connectivity index (χ4n) is 3.43. The van der Waals surface area contributed by atoms with Gasteiger partial charge in [-0.2, -0.15) is 0 Å². The molecule has 0 aliphatic heterocycles. The maximum atomic E-state index is 14.8. The zero-order valence-electron chi connectivity index (χ0n) is 20.4. The number of rotatable bonds is 9. The van der Waals surface area contributed by atoms with Crippen molar-refractivity contribution in [3.8, 4) is 0 Å². The summed E-state index contributed by atoms with van der Waals surface area (Å²) in [6, 6.07) is 8.66. The highest BCUT2D eigenvalue weighted by molar-refractivity contribution is 8.32. The average molecular weight is 519 g/mol. The van der Waals surface area contributed by atoms with Crippen LogP contribution in [0.1, 0.15) is 17.2 Å². The monoisotopic (exact) mass is 518 g/mol. The maximum Gasteiger partial charge on any atom is 0.253 e. The fraction of sp³-hybridized carbons (Fsp3) is 0.280. The van der Waals surface area contributed by atoms with Gasteiger partial charge in [-0.1, -0.05) is 24.3 Å². The highest BCUT2D eigenvalue weighted by Crippen LogP contribution is 2.47. The van der Waals surface area contributed by atoms with E-state index in [1.54, 1.807) is 31.4 Å². The first-order chi connectivity index (χ1) is 17.0. The first kappa shape index (κ1) is 27.0. The van der Waals surface area contributed by atoms with E-state index in [2.05, 4.69) is 15.6 Å². The molecule has 0 bridgehead atoms. The van der Waals surface area contributed by atoms with Crippen LogP contribution in [0.2, 0.25) is 0 Å². The molecule has 0 aliphatic rings. The minimum Gasteiger partial charge on any atom is -0.380 e. The first-order valence-electron chi connectivity index (χ1n) is 10.9. The summed E-state index contributed by atoms with van der Waals surface area (Å²) in [4.78, 5) is 41.9. The zero-order chi connectivity index (χ0) is 26.5. The molecule has 0 spiro atoms. The quantitative estimate of drug-likeness (QED) is 0.453. The summed E-state index contributed by atoms with van der Waals surface area (Å²) in [5.74, 6) is -2.85. The number of benzene rings is 2. The van der Waals surface area contributed by atoms with Gasteiger partial charge in [0.25, 0.3) is 11.5 Å². The van der Waals surface area contributed by atoms with Crippen LogP contribution < -0.4 is 16.2 Å². The lowest BCUT2D eigenvalue weighted by atomic mass is 10.0. The topological polar surface area (TPSA) is 102 Å². The highest BCUT2D eigenvalue weighted by atomic mass is 32.3. The van der Waals surface area contributed by atoms with E-state index in [9.17, 15) is 23.2 Å². The Hall–Kier alpha value is -3.57. The molecule has 1 heterocycles. The molecule has 0 radical (unpaired) electrons. The summed E-state index contributed by atoms with van der Waals surface area (Å²) in [6.45, 7) is -0.0374. The van der Waals surface area contributed by atoms with Gasteiger partial charge in [0.15, 0.2) is 0 Å². The summed E-state index contributed by atoms with van der Waals surface area (Å²) >= 11 is 0. The van der Waals surface area contributed by atoms with E-state index < -0.39 is 45.1 Å². The van der Waals surface area contributed by atoms with Crippen molar-refractivity contribution >= 4 is 27.5 Å². The van der Waals surface area contributed by atoms with Crippen molar-refractivity contribution in [2.24, 2.45) is 0 Å². The number of halogens is 2. The summed E-state index contributed by atoms with van der Waals surface area (Å²) in [5, 5.41) is 4.95. The van der Waals surface area contributed by atoms with Gasteiger partial charge >= 0.3 is 0 Å². The van der Waals surface area contributed by atoms with Crippen LogP contribution in [0.25, 0.3) is 0 Å². The van der Waals surface area contributed by atoms with Crippen LogP contribution in [0.5, 0.6) is 0 Å². The summed E-state index contributed by atoms with van der Waals surface area (Å²) in [6.07, 6.45) is 7.99. The minimum absolute atomic E-state index is 0.249. The van der Waals surface area contributed by atoms with Gasteiger partial charge in [0.05, 0.1) is 18.6 Å². The van der Waals surface area contributed by atoms with Gasteiger partial charge in [0, 0.05) is 30.3 Å². The molecule has 0 saturated carbocycles. The molecule has 0 aliphatic carbocycles. The number of nitrogens with zero attached hydrogens (tertiary/aromatic N) is 2. The normalized spacial score (nSPS) is 12.6. The third kappa shape index (κ3) is 6.76. The smallest absolute Gasteiger partial charge is 0.253 e. The molecular weight excluding hydrogens is 490 g/mol. The van der Waals surface area contributed by atoms with Crippen LogP contribution >= 0.6 is 10.0 Å². The van der Waals surface area contributed by atoms with Gasteiger partial charge in [-0.05, 0) is 36.0 Å². The highest BCUT2D eigenvalue weighted by Gasteiger charge is 2.25. The van der Waals surface area contributed by atoms with E-state index in [1.165, 1.54) is 18.6 Å². The van der Waals surface area contributed by atoms with Crippen LogP contribution in [-0.2, 0) is 27.5 Å². The van der Waals surface area contributed by atoms with E-state index in [-0.39, 0.29) is 17.1 Å². The first-order valence-corrected chi connectivity index (χ1v) is 13.7. The Kier molecular flexibility index (Phi) is 8.59. The van der Waals surface area contributed by atoms with Crippen LogP contribution in [-0.4, -0.2) is 47.2 Å². The van der Waals surface area contributed by atoms with Crippen LogP contribution in [0, 0.1) is 11.6 Å². The summed E-state index contributed by atoms with van der Waals surface area (Å²) in [7, 11) is -0.0000268. The van der Waals surface area contributed by atoms with Gasteiger partial charge < -0.3 is 15.4 Å². The van der Waals surface area contributed by atoms with Gasteiger partial charge in [0.1, 0.15) is 24.2 Å². The van der Waals surface area contributed by atoms with E-state index >= 15 is 0 Å². The Balaban J connectivity index is 1.89. The van der Waals surface area contributed by atoms with E-state index in [0.717, 1.165) is 22.3 Å². The van der Waals surface area contributed by atoms with Crippen molar-refractivity contribution < 1.29 is 23.1 Å². The number of nitrogens with one attached hydrogen (secondary N) is 2. The Morgan fingerprint density at radius 3 is 2.39 bits per heavy atom. The van der Waals surface area contributed by atoms with Gasteiger partial charge in [-0.25, -0.2) is 23.8 Å². The van der Waals surface area contributed by atoms with Crippen LogP contribution in [0.15, 0.2) is 64.7 Å². The molecule has 192 valence electrons. The number of anilines is 1. The fourth-order valence-corrected chi connectivity index (χ4v) is 4.53. The third-order valence-electron chi connectivity index (χ3n) is 5.24. The molecule has 8 nitrogen and oxygen atoms in total. The SMILES string of the molecule is COCc1ccc(C(NC(=O)Cn2cnccc2=O)C(=O)Nc2cc(F)c(S(C)(C)C)cc2F)cc1. The maximum absolute atomic E-state index is 14.8. The van der Waals surface area contributed by atoms with Crippen molar-refractivity contribution in [1.82, 2.24) is 14.9 Å². The molecule has 2 amide bonds. The second kappa shape index (κ2) is 11.4. The number of hydrogen-bond donors (Lipinski definition) is 2. The Bertz CT molecular complexity index is 1310. The molecule has 36 heavy (non-hydrogen) atoms. The number of amides is 2. The molecule has 1 aromatic heterocycles. The van der Waals surface area contributed by atoms with Gasteiger partial charge in [-0.15, -0.1) is 0 Å². The summed E-state index contributed by atoms with van der Waals surface area (Å²) in [5.41, 5.74) is 0.449. The minimum atomic E-state index is -1.55. The number of hydrogen-bond acceptors (Lipinski definition) is 5. The molecule has 2 N–H and O–H groups in total. The largest absolute Gasteiger partial charge is 0.380 e. The molecule has 1 atom stereocenters. The molecule has 1 unspecified atom stereocenters. The van der Waals surface area contributed by atoms with E-state index in [1.807, 2.05) is 18.8 Å². The number of methoxy groups -OCH3 is 1. The van der Waals surface area contributed by atoms with Crippen molar-refractivity contribution in [2.45, 2.75) is 24.1 Å². The molecule has 0 saturated heterocycles. The third-order valence-corrected chi connectivity index (χ3v) is 6.87. The Morgan fingerprint density at radius 2 is 1.78 bits per heavy atom. The molecule has 2 aromatic carbocycles. The van der Waals surface area contributed by atoms with Crippen molar-refractivity contribution in [2.75, 3.05) is 31.2 Å². The predicted molar refractivity (Wildman–Crippen MR) is 135 cm³/mol. The average Bonchev–Trinajstić information content (AvgIpc) is 2.81. The number of ether oxygens (including phenoxy) is 1. The predicted octanol–water partition coefficient (Wildman–Crippen LogP) is 3.22. The lowest BCUT2D eigenvalue weighted by Crippen LogP contribution is -2.40. The standard InChI is InChI=1S/C25H28F2N4O4S/c1-35-14-16-5-7-17(8-6-16)24(30-22(32)13-31-15-28-10-9-23(31)33)25(34)29-20-11-19(27)21(12-18(20)26)36(2,3)4/h5-12,15,24H,13-14H2,1-4H3,(H,29,34)(H,30,32). The van der Waals surface area contributed by atoms with Crippen molar-refractivity contribution in [3.05, 3.63) is 88.1 Å². The Morgan fingerprint density at radius 1 is 1.08 bits per heavy atom. The lowest BCUT2D eigenvalue weighted by molar-refractivity contribution is -0.127. The van der Waals surface area contributed by atoms with E-state index in [0.29, 0.717) is 12.2 Å². The molecule has 11 heteroatoms. The van der Waals surface area contributed by atoms with E-state index in [4.69, 9.17) is 4.74 Å². The van der Waals surface area contributed by atoms with Crippen LogP contribution in [0.3, 0.4) is 0 Å². The molecule has 0 fully saturated rings. The second-order valence-corrected chi connectivity index (χ2v) is 12.9. The zero-order valence-corrected chi connectivity index (χ0v) is 21.2. The summed E-state index contributed by atoms with van der Waals surface area (Å²) < 4.78 is 35.7. The van der Waals surface area contributed by atoms with Gasteiger partial charge in [0.2, 0.25) is 5.91 Å². The Labute approximate surface area is 209 Å². The van der Waals surface area contributed by atoms with Crippen molar-refractivity contribution in [1.29, 1.82) is 0 Å².